The van der Waals surface area contributed by atoms with Gasteiger partial charge in [0.2, 0.25) is 5.91 Å². The van der Waals surface area contributed by atoms with E-state index < -0.39 is 11.1 Å². The Balaban J connectivity index is 1.74. The van der Waals surface area contributed by atoms with Gasteiger partial charge in [-0.3, -0.25) is 4.79 Å². The van der Waals surface area contributed by atoms with Gasteiger partial charge in [-0.05, 0) is 31.2 Å². The number of carbonyl (C=O) groups is 1. The fraction of sp³-hybridized carbons (Fsp3) is 0.167. The first kappa shape index (κ1) is 18.4. The number of nitrogens with one attached hydrogen (secondary N) is 1. The third kappa shape index (κ3) is 3.89. The van der Waals surface area contributed by atoms with Gasteiger partial charge in [0.15, 0.2) is 11.0 Å². The first-order valence-electron chi connectivity index (χ1n) is 7.83. The van der Waals surface area contributed by atoms with Crippen molar-refractivity contribution in [3.05, 3.63) is 59.4 Å². The molecular formula is C18H16ClFN4OS. The lowest BCUT2D eigenvalue weighted by Crippen LogP contribution is -2.23. The third-order valence-electron chi connectivity index (χ3n) is 3.73. The molecule has 3 aromatic rings. The highest BCUT2D eigenvalue weighted by atomic mass is 35.5. The highest BCUT2D eigenvalue weighted by Crippen LogP contribution is 2.30. The van der Waals surface area contributed by atoms with E-state index in [0.717, 1.165) is 5.56 Å². The summed E-state index contributed by atoms with van der Waals surface area (Å²) in [5.74, 6) is -0.181. The first-order chi connectivity index (χ1) is 12.5. The van der Waals surface area contributed by atoms with E-state index in [1.807, 2.05) is 25.2 Å². The Morgan fingerprint density at radius 3 is 2.62 bits per heavy atom. The monoisotopic (exact) mass is 390 g/mol. The molecule has 0 saturated carbocycles. The van der Waals surface area contributed by atoms with Gasteiger partial charge in [-0.25, -0.2) is 4.39 Å². The smallest absolute Gasteiger partial charge is 0.237 e. The summed E-state index contributed by atoms with van der Waals surface area (Å²) < 4.78 is 15.4. The molecule has 0 aliphatic rings. The number of anilines is 1. The first-order valence-corrected chi connectivity index (χ1v) is 9.09. The van der Waals surface area contributed by atoms with Gasteiger partial charge in [0.25, 0.3) is 0 Å². The van der Waals surface area contributed by atoms with Gasteiger partial charge in [-0.2, -0.15) is 0 Å². The van der Waals surface area contributed by atoms with Gasteiger partial charge >= 0.3 is 0 Å². The topological polar surface area (TPSA) is 59.8 Å². The molecule has 2 aromatic carbocycles. The van der Waals surface area contributed by atoms with Gasteiger partial charge in [-0.15, -0.1) is 10.2 Å². The van der Waals surface area contributed by atoms with Crippen LogP contribution in [0.5, 0.6) is 0 Å². The van der Waals surface area contributed by atoms with Gasteiger partial charge in [0.05, 0.1) is 16.0 Å². The van der Waals surface area contributed by atoms with Crippen LogP contribution < -0.4 is 5.32 Å². The van der Waals surface area contributed by atoms with Crippen molar-refractivity contribution in [2.75, 3.05) is 5.32 Å². The minimum Gasteiger partial charge on any atom is -0.323 e. The number of halogens is 2. The zero-order chi connectivity index (χ0) is 18.7. The summed E-state index contributed by atoms with van der Waals surface area (Å²) in [5, 5.41) is 11.6. The molecule has 1 N–H and O–H groups in total. The number of aromatic nitrogens is 3. The van der Waals surface area contributed by atoms with Gasteiger partial charge < -0.3 is 9.88 Å². The van der Waals surface area contributed by atoms with Crippen molar-refractivity contribution in [1.82, 2.24) is 14.8 Å². The van der Waals surface area contributed by atoms with Crippen LogP contribution in [0.3, 0.4) is 0 Å². The highest BCUT2D eigenvalue weighted by molar-refractivity contribution is 8.00. The van der Waals surface area contributed by atoms with Crippen LogP contribution in [0.25, 0.3) is 11.4 Å². The zero-order valence-electron chi connectivity index (χ0n) is 14.1. The van der Waals surface area contributed by atoms with Crippen LogP contribution >= 0.6 is 23.4 Å². The Kier molecular flexibility index (Phi) is 5.58. The molecule has 0 unspecified atom stereocenters. The fourth-order valence-corrected chi connectivity index (χ4v) is 3.34. The van der Waals surface area contributed by atoms with Crippen molar-refractivity contribution in [3.63, 3.8) is 0 Å². The Hall–Kier alpha value is -2.38. The van der Waals surface area contributed by atoms with Crippen molar-refractivity contribution >= 4 is 35.0 Å². The number of nitrogens with zero attached hydrogens (tertiary/aromatic N) is 3. The van der Waals surface area contributed by atoms with Crippen LogP contribution in [-0.2, 0) is 11.8 Å². The van der Waals surface area contributed by atoms with Crippen LogP contribution in [0.15, 0.2) is 53.7 Å². The van der Waals surface area contributed by atoms with Gasteiger partial charge in [0, 0.05) is 12.6 Å². The van der Waals surface area contributed by atoms with Crippen molar-refractivity contribution < 1.29 is 9.18 Å². The Morgan fingerprint density at radius 2 is 1.88 bits per heavy atom. The lowest BCUT2D eigenvalue weighted by Gasteiger charge is -2.12. The predicted octanol–water partition coefficient (Wildman–Crippen LogP) is 4.39. The highest BCUT2D eigenvalue weighted by Gasteiger charge is 2.20. The van der Waals surface area contributed by atoms with E-state index in [4.69, 9.17) is 11.6 Å². The Labute approximate surface area is 159 Å². The second-order valence-electron chi connectivity index (χ2n) is 5.57. The molecule has 0 aliphatic heterocycles. The number of rotatable bonds is 5. The van der Waals surface area contributed by atoms with E-state index in [0.29, 0.717) is 16.0 Å². The number of carbonyl (C=O) groups excluding carboxylic acids is 1. The maximum atomic E-state index is 13.7. The summed E-state index contributed by atoms with van der Waals surface area (Å²) in [6.45, 7) is 1.73. The lowest BCUT2D eigenvalue weighted by molar-refractivity contribution is -0.115. The number of thioether (sulfide) groups is 1. The largest absolute Gasteiger partial charge is 0.323 e. The van der Waals surface area contributed by atoms with E-state index in [-0.39, 0.29) is 11.6 Å². The number of benzene rings is 2. The van der Waals surface area contributed by atoms with E-state index in [1.54, 1.807) is 29.7 Å². The van der Waals surface area contributed by atoms with Crippen LogP contribution in [-0.4, -0.2) is 25.9 Å². The molecule has 0 spiro atoms. The molecule has 3 rings (SSSR count). The molecule has 1 heterocycles. The van der Waals surface area contributed by atoms with Crippen LogP contribution in [0, 0.1) is 5.82 Å². The average molecular weight is 391 g/mol. The molecule has 0 aliphatic carbocycles. The molecule has 134 valence electrons. The molecule has 0 bridgehead atoms. The van der Waals surface area contributed by atoms with Crippen molar-refractivity contribution in [2.45, 2.75) is 17.3 Å². The SMILES string of the molecule is C[C@@H](Sc1nnc(-c2ccccc2Cl)n1C)C(=O)Nc1ccccc1F. The number of para-hydroxylation sites is 1. The standard InChI is InChI=1S/C18H16ClFN4OS/c1-11(17(25)21-15-10-6-5-9-14(15)20)26-18-23-22-16(24(18)2)12-7-3-4-8-13(12)19/h3-11H,1-2H3,(H,21,25)/t11-/m1/s1. The van der Waals surface area contributed by atoms with E-state index in [1.165, 1.54) is 23.9 Å². The summed E-state index contributed by atoms with van der Waals surface area (Å²) in [5.41, 5.74) is 0.916. The Morgan fingerprint density at radius 1 is 1.19 bits per heavy atom. The maximum Gasteiger partial charge on any atom is 0.237 e. The second kappa shape index (κ2) is 7.88. The van der Waals surface area contributed by atoms with Crippen LogP contribution in [0.1, 0.15) is 6.92 Å². The normalized spacial score (nSPS) is 12.0. The summed E-state index contributed by atoms with van der Waals surface area (Å²) in [6, 6.07) is 13.4. The quantitative estimate of drug-likeness (QED) is 0.656. The minimum absolute atomic E-state index is 0.152. The molecule has 1 amide bonds. The maximum absolute atomic E-state index is 13.7. The van der Waals surface area contributed by atoms with Crippen molar-refractivity contribution in [2.24, 2.45) is 7.05 Å². The fourth-order valence-electron chi connectivity index (χ4n) is 2.30. The molecule has 0 fully saturated rings. The van der Waals surface area contributed by atoms with E-state index in [2.05, 4.69) is 15.5 Å². The van der Waals surface area contributed by atoms with E-state index in [9.17, 15) is 9.18 Å². The van der Waals surface area contributed by atoms with Gasteiger partial charge in [0.1, 0.15) is 5.82 Å². The average Bonchev–Trinajstić information content (AvgIpc) is 2.98. The summed E-state index contributed by atoms with van der Waals surface area (Å²) in [6.07, 6.45) is 0. The second-order valence-corrected chi connectivity index (χ2v) is 7.29. The molecule has 1 atom stereocenters. The number of hydrogen-bond donors (Lipinski definition) is 1. The molecule has 1 aromatic heterocycles. The predicted molar refractivity (Wildman–Crippen MR) is 102 cm³/mol. The van der Waals surface area contributed by atoms with E-state index >= 15 is 0 Å². The molecule has 5 nitrogen and oxygen atoms in total. The van der Waals surface area contributed by atoms with Crippen LogP contribution in [0.2, 0.25) is 5.02 Å². The molecule has 26 heavy (non-hydrogen) atoms. The van der Waals surface area contributed by atoms with Crippen molar-refractivity contribution in [1.29, 1.82) is 0 Å². The molecule has 0 radical (unpaired) electrons. The summed E-state index contributed by atoms with van der Waals surface area (Å²) in [7, 11) is 1.81. The summed E-state index contributed by atoms with van der Waals surface area (Å²) >= 11 is 7.45. The van der Waals surface area contributed by atoms with Crippen molar-refractivity contribution in [3.8, 4) is 11.4 Å². The third-order valence-corrected chi connectivity index (χ3v) is 5.20. The minimum atomic E-state index is -0.489. The Bertz CT molecular complexity index is 946. The summed E-state index contributed by atoms with van der Waals surface area (Å²) in [4.78, 5) is 12.3. The molecular weight excluding hydrogens is 375 g/mol. The van der Waals surface area contributed by atoms with Crippen LogP contribution in [0.4, 0.5) is 10.1 Å². The van der Waals surface area contributed by atoms with Gasteiger partial charge in [-0.1, -0.05) is 47.6 Å². The number of amides is 1. The lowest BCUT2D eigenvalue weighted by atomic mass is 10.2. The molecule has 0 saturated heterocycles. The molecule has 8 heteroatoms. The zero-order valence-corrected chi connectivity index (χ0v) is 15.7. The number of hydrogen-bond acceptors (Lipinski definition) is 4.